The monoisotopic (exact) mass is 666 g/mol. The first-order chi connectivity index (χ1) is 14.9. The van der Waals surface area contributed by atoms with E-state index in [1.807, 2.05) is 0 Å². The van der Waals surface area contributed by atoms with E-state index in [1.165, 1.54) is 44.1 Å². The van der Waals surface area contributed by atoms with Crippen molar-refractivity contribution in [2.75, 3.05) is 0 Å². The van der Waals surface area contributed by atoms with Crippen molar-refractivity contribution in [1.29, 1.82) is 0 Å². The van der Waals surface area contributed by atoms with Gasteiger partial charge in [0.25, 0.3) is 0 Å². The molecule has 0 saturated carbocycles. The van der Waals surface area contributed by atoms with Crippen LogP contribution in [-0.2, 0) is 26.9 Å². The summed E-state index contributed by atoms with van der Waals surface area (Å²) in [5.74, 6) is 1.05. The lowest BCUT2D eigenvalue weighted by Gasteiger charge is -2.14. The molecular formula is C29H36I2N2. The third-order valence-electron chi connectivity index (χ3n) is 6.71. The third kappa shape index (κ3) is 5.69. The van der Waals surface area contributed by atoms with Gasteiger partial charge in [-0.3, -0.25) is 0 Å². The van der Waals surface area contributed by atoms with E-state index in [0.29, 0.717) is 11.8 Å². The molecule has 0 spiro atoms. The van der Waals surface area contributed by atoms with Crippen LogP contribution in [0.1, 0.15) is 68.5 Å². The summed E-state index contributed by atoms with van der Waals surface area (Å²) in [5.41, 5.74) is 5.82. The van der Waals surface area contributed by atoms with Gasteiger partial charge < -0.3 is 48.0 Å². The van der Waals surface area contributed by atoms with Crippen LogP contribution >= 0.6 is 0 Å². The number of nitrogens with zero attached hydrogens (tertiary/aromatic N) is 2. The van der Waals surface area contributed by atoms with E-state index < -0.39 is 0 Å². The number of pyridine rings is 2. The number of halogens is 2. The van der Waals surface area contributed by atoms with Crippen LogP contribution in [0.2, 0.25) is 0 Å². The SMILES string of the molecule is CC(C)c1cccc2cc[n+](C)c(CCCc3c4c(C(C)C)cccc4cc[n+]3C)c12.[I-].[I-]. The lowest BCUT2D eigenvalue weighted by molar-refractivity contribution is -0.679. The van der Waals surface area contributed by atoms with Crippen LogP contribution < -0.4 is 57.1 Å². The molecule has 176 valence electrons. The highest BCUT2D eigenvalue weighted by Crippen LogP contribution is 2.29. The summed E-state index contributed by atoms with van der Waals surface area (Å²) < 4.78 is 4.66. The van der Waals surface area contributed by atoms with Crippen molar-refractivity contribution in [2.45, 2.75) is 58.8 Å². The molecule has 0 saturated heterocycles. The molecule has 0 bridgehead atoms. The number of aromatic nitrogens is 2. The fraction of sp³-hybridized carbons (Fsp3) is 0.379. The number of rotatable bonds is 6. The van der Waals surface area contributed by atoms with Crippen molar-refractivity contribution in [1.82, 2.24) is 0 Å². The average Bonchev–Trinajstić information content (AvgIpc) is 2.75. The molecule has 0 aliphatic rings. The van der Waals surface area contributed by atoms with Gasteiger partial charge >= 0.3 is 0 Å². The van der Waals surface area contributed by atoms with Gasteiger partial charge in [0.15, 0.2) is 23.8 Å². The standard InChI is InChI=1S/C29H36N2.2HI/c1-20(2)24-12-7-10-22-16-18-30(5)26(28(22)24)14-9-15-27-29-23(17-19-31(27)6)11-8-13-25(29)21(3)4;;/h7-8,10-13,16-21H,9,14-15H2,1-6H3;2*1H/q+2;;/p-2. The Kier molecular flexibility index (Phi) is 10.1. The zero-order chi connectivity index (χ0) is 22.1. The summed E-state index contributed by atoms with van der Waals surface area (Å²) in [5, 5.41) is 5.62. The Balaban J connectivity index is 0.00000193. The minimum absolute atomic E-state index is 0. The molecule has 0 aliphatic heterocycles. The summed E-state index contributed by atoms with van der Waals surface area (Å²) in [6.45, 7) is 9.20. The first kappa shape index (κ1) is 28.0. The van der Waals surface area contributed by atoms with E-state index in [2.05, 4.69) is 112 Å². The van der Waals surface area contributed by atoms with Gasteiger partial charge in [-0.15, -0.1) is 0 Å². The molecular weight excluding hydrogens is 630 g/mol. The third-order valence-corrected chi connectivity index (χ3v) is 6.71. The molecule has 33 heavy (non-hydrogen) atoms. The largest absolute Gasteiger partial charge is 1.00 e. The maximum Gasteiger partial charge on any atom is 0.189 e. The molecule has 4 rings (SSSR count). The first-order valence-electron chi connectivity index (χ1n) is 11.7. The zero-order valence-electron chi connectivity index (χ0n) is 20.7. The van der Waals surface area contributed by atoms with E-state index in [-0.39, 0.29) is 48.0 Å². The first-order valence-corrected chi connectivity index (χ1v) is 11.7. The molecule has 0 fully saturated rings. The zero-order valence-corrected chi connectivity index (χ0v) is 25.0. The fourth-order valence-electron chi connectivity index (χ4n) is 5.03. The van der Waals surface area contributed by atoms with Crippen LogP contribution in [0.25, 0.3) is 21.5 Å². The quantitative estimate of drug-likeness (QED) is 0.204. The van der Waals surface area contributed by atoms with Gasteiger partial charge in [-0.2, -0.15) is 0 Å². The predicted octanol–water partition coefficient (Wildman–Crippen LogP) is 0.0721. The van der Waals surface area contributed by atoms with E-state index in [9.17, 15) is 0 Å². The second kappa shape index (κ2) is 11.9. The number of fused-ring (bicyclic) bond motifs is 2. The maximum atomic E-state index is 2.33. The topological polar surface area (TPSA) is 7.76 Å². The molecule has 0 aliphatic carbocycles. The summed E-state index contributed by atoms with van der Waals surface area (Å²) in [6, 6.07) is 18.0. The van der Waals surface area contributed by atoms with Gasteiger partial charge in [0.1, 0.15) is 14.1 Å². The van der Waals surface area contributed by atoms with Crippen molar-refractivity contribution in [3.8, 4) is 0 Å². The molecule has 2 aromatic heterocycles. The lowest BCUT2D eigenvalue weighted by Crippen LogP contribution is -3.00. The Morgan fingerprint density at radius 1 is 0.606 bits per heavy atom. The van der Waals surface area contributed by atoms with Crippen LogP contribution in [0.15, 0.2) is 60.9 Å². The number of benzene rings is 2. The molecule has 0 atom stereocenters. The molecule has 0 N–H and O–H groups in total. The van der Waals surface area contributed by atoms with E-state index in [1.54, 1.807) is 0 Å². The summed E-state index contributed by atoms with van der Waals surface area (Å²) in [4.78, 5) is 0. The van der Waals surface area contributed by atoms with Gasteiger partial charge in [0.05, 0.1) is 10.8 Å². The van der Waals surface area contributed by atoms with Crippen molar-refractivity contribution in [3.05, 3.63) is 83.4 Å². The average molecular weight is 666 g/mol. The Hall–Kier alpha value is -1.28. The highest BCUT2D eigenvalue weighted by molar-refractivity contribution is 5.88. The Morgan fingerprint density at radius 3 is 1.36 bits per heavy atom. The van der Waals surface area contributed by atoms with Gasteiger partial charge in [0, 0.05) is 25.0 Å². The second-order valence-corrected chi connectivity index (χ2v) is 9.53. The molecule has 2 nitrogen and oxygen atoms in total. The Bertz CT molecular complexity index is 1150. The van der Waals surface area contributed by atoms with E-state index in [0.717, 1.165) is 19.3 Å². The van der Waals surface area contributed by atoms with Gasteiger partial charge in [-0.1, -0.05) is 64.1 Å². The van der Waals surface area contributed by atoms with Crippen LogP contribution in [-0.4, -0.2) is 0 Å². The Labute approximate surface area is 233 Å². The normalized spacial score (nSPS) is 11.2. The van der Waals surface area contributed by atoms with Gasteiger partial charge in [0.2, 0.25) is 0 Å². The molecule has 4 heteroatoms. The molecule has 4 aromatic rings. The second-order valence-electron chi connectivity index (χ2n) is 9.53. The van der Waals surface area contributed by atoms with Crippen LogP contribution in [0, 0.1) is 0 Å². The number of aryl methyl sites for hydroxylation is 4. The van der Waals surface area contributed by atoms with Crippen molar-refractivity contribution in [3.63, 3.8) is 0 Å². The van der Waals surface area contributed by atoms with Crippen molar-refractivity contribution in [2.24, 2.45) is 14.1 Å². The molecule has 0 amide bonds. The van der Waals surface area contributed by atoms with Crippen molar-refractivity contribution >= 4 is 21.5 Å². The summed E-state index contributed by atoms with van der Waals surface area (Å²) in [7, 11) is 4.39. The number of hydrogen-bond donors (Lipinski definition) is 0. The molecule has 0 unspecified atom stereocenters. The summed E-state index contributed by atoms with van der Waals surface area (Å²) in [6.07, 6.45) is 7.74. The molecule has 2 heterocycles. The fourth-order valence-corrected chi connectivity index (χ4v) is 5.03. The number of hydrogen-bond acceptors (Lipinski definition) is 0. The van der Waals surface area contributed by atoms with Crippen LogP contribution in [0.4, 0.5) is 0 Å². The van der Waals surface area contributed by atoms with Crippen molar-refractivity contribution < 1.29 is 57.1 Å². The van der Waals surface area contributed by atoms with Crippen LogP contribution in [0.3, 0.4) is 0 Å². The molecule has 2 aromatic carbocycles. The van der Waals surface area contributed by atoms with E-state index >= 15 is 0 Å². The predicted molar refractivity (Wildman–Crippen MR) is 130 cm³/mol. The van der Waals surface area contributed by atoms with Gasteiger partial charge in [-0.25, -0.2) is 9.13 Å². The minimum Gasteiger partial charge on any atom is -1.00 e. The van der Waals surface area contributed by atoms with Gasteiger partial charge in [-0.05, 0) is 40.2 Å². The molecule has 0 radical (unpaired) electrons. The summed E-state index contributed by atoms with van der Waals surface area (Å²) >= 11 is 0. The van der Waals surface area contributed by atoms with Crippen LogP contribution in [0.5, 0.6) is 0 Å². The highest BCUT2D eigenvalue weighted by atomic mass is 127. The Morgan fingerprint density at radius 2 is 1.00 bits per heavy atom. The maximum absolute atomic E-state index is 2.33. The lowest BCUT2D eigenvalue weighted by atomic mass is 9.92. The highest BCUT2D eigenvalue weighted by Gasteiger charge is 2.20. The minimum atomic E-state index is 0. The van der Waals surface area contributed by atoms with E-state index in [4.69, 9.17) is 0 Å². The smallest absolute Gasteiger partial charge is 0.189 e.